The van der Waals surface area contributed by atoms with E-state index in [9.17, 15) is 9.59 Å². The zero-order valence-corrected chi connectivity index (χ0v) is 18.5. The van der Waals surface area contributed by atoms with Gasteiger partial charge in [-0.05, 0) is 70.3 Å². The molecule has 6 heteroatoms. The molecule has 4 rings (SSSR count). The molecule has 0 saturated carbocycles. The third kappa shape index (κ3) is 4.30. The van der Waals surface area contributed by atoms with Crippen LogP contribution in [0.15, 0.2) is 48.7 Å². The molecular formula is C25H28N4O2. The summed E-state index contributed by atoms with van der Waals surface area (Å²) in [5.41, 5.74) is 4.57. The van der Waals surface area contributed by atoms with Gasteiger partial charge in [0.15, 0.2) is 0 Å². The van der Waals surface area contributed by atoms with Crippen LogP contribution in [0.5, 0.6) is 0 Å². The fourth-order valence-corrected chi connectivity index (χ4v) is 4.07. The summed E-state index contributed by atoms with van der Waals surface area (Å²) in [6.07, 6.45) is 2.62. The standard InChI is InChI=1S/C25H28N4O2/c1-16-5-8-22-21(13-16)20(9-11-26-22)24(30)27-23-14-18(7-6-17(23)2)25(31)29-12-10-19(15-29)28(3)4/h5-9,11,13-14,19H,10,12,15H2,1-4H3,(H,27,30). The van der Waals surface area contributed by atoms with Crippen LogP contribution >= 0.6 is 0 Å². The summed E-state index contributed by atoms with van der Waals surface area (Å²) in [5.74, 6) is -0.204. The molecule has 3 aromatic rings. The number of likely N-dealkylation sites (tertiary alicyclic amines) is 1. The molecule has 0 aliphatic carbocycles. The van der Waals surface area contributed by atoms with E-state index < -0.39 is 0 Å². The van der Waals surface area contributed by atoms with Crippen LogP contribution in [0.4, 0.5) is 5.69 Å². The predicted molar refractivity (Wildman–Crippen MR) is 124 cm³/mol. The average molecular weight is 417 g/mol. The fraction of sp³-hybridized carbons (Fsp3) is 0.320. The normalized spacial score (nSPS) is 16.2. The third-order valence-corrected chi connectivity index (χ3v) is 6.06. The lowest BCUT2D eigenvalue weighted by Crippen LogP contribution is -2.34. The summed E-state index contributed by atoms with van der Waals surface area (Å²) < 4.78 is 0. The minimum Gasteiger partial charge on any atom is -0.337 e. The second-order valence-electron chi connectivity index (χ2n) is 8.52. The highest BCUT2D eigenvalue weighted by atomic mass is 16.2. The van der Waals surface area contributed by atoms with E-state index >= 15 is 0 Å². The highest BCUT2D eigenvalue weighted by molar-refractivity contribution is 6.12. The topological polar surface area (TPSA) is 65.5 Å². The van der Waals surface area contributed by atoms with Crippen LogP contribution in [0.1, 0.15) is 38.3 Å². The molecule has 1 aliphatic rings. The molecule has 31 heavy (non-hydrogen) atoms. The molecule has 1 atom stereocenters. The fourth-order valence-electron chi connectivity index (χ4n) is 4.07. The van der Waals surface area contributed by atoms with E-state index in [2.05, 4.69) is 15.2 Å². The molecule has 6 nitrogen and oxygen atoms in total. The predicted octanol–water partition coefficient (Wildman–Crippen LogP) is 3.88. The van der Waals surface area contributed by atoms with Gasteiger partial charge in [-0.2, -0.15) is 0 Å². The second-order valence-corrected chi connectivity index (χ2v) is 8.52. The summed E-state index contributed by atoms with van der Waals surface area (Å²) in [6.45, 7) is 5.40. The first kappa shape index (κ1) is 21.0. The van der Waals surface area contributed by atoms with E-state index in [1.165, 1.54) is 0 Å². The van der Waals surface area contributed by atoms with Crippen molar-refractivity contribution < 1.29 is 9.59 Å². The Bertz CT molecular complexity index is 1160. The Kier molecular flexibility index (Phi) is 5.74. The summed E-state index contributed by atoms with van der Waals surface area (Å²) >= 11 is 0. The highest BCUT2D eigenvalue weighted by Gasteiger charge is 2.28. The van der Waals surface area contributed by atoms with Crippen LogP contribution in [0.3, 0.4) is 0 Å². The molecule has 1 fully saturated rings. The maximum absolute atomic E-state index is 13.1. The number of benzene rings is 2. The van der Waals surface area contributed by atoms with E-state index in [4.69, 9.17) is 0 Å². The van der Waals surface area contributed by atoms with E-state index in [1.807, 2.05) is 63.2 Å². The molecular weight excluding hydrogens is 388 g/mol. The first-order chi connectivity index (χ1) is 14.8. The first-order valence-corrected chi connectivity index (χ1v) is 10.6. The van der Waals surface area contributed by atoms with Crippen LogP contribution in [-0.2, 0) is 0 Å². The molecule has 1 aliphatic heterocycles. The monoisotopic (exact) mass is 416 g/mol. The van der Waals surface area contributed by atoms with Gasteiger partial charge in [0.2, 0.25) is 0 Å². The Balaban J connectivity index is 1.58. The smallest absolute Gasteiger partial charge is 0.256 e. The number of carbonyl (C=O) groups excluding carboxylic acids is 2. The molecule has 0 bridgehead atoms. The Morgan fingerprint density at radius 3 is 2.65 bits per heavy atom. The van der Waals surface area contributed by atoms with Crippen LogP contribution in [0, 0.1) is 13.8 Å². The number of carbonyl (C=O) groups is 2. The third-order valence-electron chi connectivity index (χ3n) is 6.06. The number of rotatable bonds is 4. The maximum atomic E-state index is 13.1. The van der Waals surface area contributed by atoms with E-state index in [-0.39, 0.29) is 11.8 Å². The first-order valence-electron chi connectivity index (χ1n) is 10.6. The molecule has 1 saturated heterocycles. The number of nitrogens with one attached hydrogen (secondary N) is 1. The summed E-state index contributed by atoms with van der Waals surface area (Å²) in [7, 11) is 4.09. The van der Waals surface area contributed by atoms with Crippen LogP contribution in [-0.4, -0.2) is 59.8 Å². The number of aryl methyl sites for hydroxylation is 2. The van der Waals surface area contributed by atoms with Crippen molar-refractivity contribution in [3.63, 3.8) is 0 Å². The van der Waals surface area contributed by atoms with E-state index in [1.54, 1.807) is 18.3 Å². The number of nitrogens with zero attached hydrogens (tertiary/aromatic N) is 3. The van der Waals surface area contributed by atoms with Crippen LogP contribution in [0.2, 0.25) is 0 Å². The van der Waals surface area contributed by atoms with Gasteiger partial charge < -0.3 is 15.1 Å². The van der Waals surface area contributed by atoms with Gasteiger partial charge in [0.1, 0.15) is 0 Å². The number of aromatic nitrogens is 1. The van der Waals surface area contributed by atoms with Crippen molar-refractivity contribution in [2.45, 2.75) is 26.3 Å². The summed E-state index contributed by atoms with van der Waals surface area (Å²) in [6, 6.07) is 13.5. The van der Waals surface area contributed by atoms with Crippen molar-refractivity contribution >= 4 is 28.4 Å². The van der Waals surface area contributed by atoms with Gasteiger partial charge in [0, 0.05) is 42.0 Å². The Morgan fingerprint density at radius 1 is 1.10 bits per heavy atom. The lowest BCUT2D eigenvalue weighted by molar-refractivity contribution is 0.0782. The number of likely N-dealkylation sites (N-methyl/N-ethyl adjacent to an activating group) is 1. The van der Waals surface area contributed by atoms with Crippen molar-refractivity contribution in [2.24, 2.45) is 0 Å². The zero-order chi connectivity index (χ0) is 22.1. The molecule has 2 aromatic carbocycles. The summed E-state index contributed by atoms with van der Waals surface area (Å²) in [5, 5.41) is 3.82. The van der Waals surface area contributed by atoms with Crippen LogP contribution < -0.4 is 5.32 Å². The van der Waals surface area contributed by atoms with Gasteiger partial charge in [-0.25, -0.2) is 0 Å². The number of amides is 2. The number of hydrogen-bond acceptors (Lipinski definition) is 4. The SMILES string of the molecule is Cc1ccc2nccc(C(=O)Nc3cc(C(=O)N4CCC(N(C)C)C4)ccc3C)c2c1. The molecule has 0 radical (unpaired) electrons. The largest absolute Gasteiger partial charge is 0.337 e. The minimum absolute atomic E-state index is 0.00448. The zero-order valence-electron chi connectivity index (χ0n) is 18.5. The summed E-state index contributed by atoms with van der Waals surface area (Å²) in [4.78, 5) is 34.5. The molecule has 2 heterocycles. The lowest BCUT2D eigenvalue weighted by Gasteiger charge is -2.21. The number of pyridine rings is 1. The highest BCUT2D eigenvalue weighted by Crippen LogP contribution is 2.24. The molecule has 2 amide bonds. The molecule has 1 unspecified atom stereocenters. The van der Waals surface area contributed by atoms with Gasteiger partial charge in [-0.1, -0.05) is 17.7 Å². The number of hydrogen-bond donors (Lipinski definition) is 1. The van der Waals surface area contributed by atoms with Crippen molar-refractivity contribution in [2.75, 3.05) is 32.5 Å². The van der Waals surface area contributed by atoms with Gasteiger partial charge in [-0.15, -0.1) is 0 Å². The van der Waals surface area contributed by atoms with Crippen molar-refractivity contribution in [1.29, 1.82) is 0 Å². The van der Waals surface area contributed by atoms with E-state index in [0.29, 0.717) is 22.9 Å². The second kappa shape index (κ2) is 8.47. The molecule has 160 valence electrons. The number of anilines is 1. The average Bonchev–Trinajstić information content (AvgIpc) is 3.25. The molecule has 0 spiro atoms. The Morgan fingerprint density at radius 2 is 1.90 bits per heavy atom. The van der Waals surface area contributed by atoms with Crippen molar-refractivity contribution in [1.82, 2.24) is 14.8 Å². The number of fused-ring (bicyclic) bond motifs is 1. The maximum Gasteiger partial charge on any atom is 0.256 e. The van der Waals surface area contributed by atoms with E-state index in [0.717, 1.165) is 41.5 Å². The van der Waals surface area contributed by atoms with Gasteiger partial charge in [-0.3, -0.25) is 14.6 Å². The Labute approximate surface area is 182 Å². The quantitative estimate of drug-likeness (QED) is 0.701. The molecule has 1 aromatic heterocycles. The van der Waals surface area contributed by atoms with Crippen molar-refractivity contribution in [3.8, 4) is 0 Å². The minimum atomic E-state index is -0.209. The van der Waals surface area contributed by atoms with Crippen molar-refractivity contribution in [3.05, 3.63) is 70.9 Å². The molecule has 1 N–H and O–H groups in total. The van der Waals surface area contributed by atoms with Gasteiger partial charge in [0.05, 0.1) is 11.1 Å². The lowest BCUT2D eigenvalue weighted by atomic mass is 10.0. The van der Waals surface area contributed by atoms with Crippen LogP contribution in [0.25, 0.3) is 10.9 Å². The van der Waals surface area contributed by atoms with Gasteiger partial charge >= 0.3 is 0 Å². The Hall–Kier alpha value is -3.25. The van der Waals surface area contributed by atoms with Gasteiger partial charge in [0.25, 0.3) is 11.8 Å².